The van der Waals surface area contributed by atoms with Crippen LogP contribution in [0.3, 0.4) is 0 Å². The first-order valence-corrected chi connectivity index (χ1v) is 6.90. The van der Waals surface area contributed by atoms with E-state index in [0.29, 0.717) is 17.5 Å². The summed E-state index contributed by atoms with van der Waals surface area (Å²) in [6.07, 6.45) is 0.207. The number of anilines is 1. The van der Waals surface area contributed by atoms with Crippen LogP contribution in [0.5, 0.6) is 0 Å². The van der Waals surface area contributed by atoms with E-state index in [1.165, 1.54) is 0 Å². The highest BCUT2D eigenvalue weighted by Crippen LogP contribution is 2.18. The Morgan fingerprint density at radius 1 is 1.45 bits per heavy atom. The largest absolute Gasteiger partial charge is 0.394 e. The molecule has 1 unspecified atom stereocenters. The van der Waals surface area contributed by atoms with Crippen molar-refractivity contribution in [3.05, 3.63) is 22.1 Å². The van der Waals surface area contributed by atoms with Crippen LogP contribution in [0, 0.1) is 0 Å². The van der Waals surface area contributed by atoms with E-state index >= 15 is 0 Å². The number of hydrogen-bond acceptors (Lipinski definition) is 7. The molecule has 0 aliphatic heterocycles. The minimum atomic E-state index is -1.20. The number of aryl methyl sites for hydroxylation is 1. The lowest BCUT2D eigenvalue weighted by Gasteiger charge is -2.20. The molecule has 0 radical (unpaired) electrons. The van der Waals surface area contributed by atoms with E-state index in [9.17, 15) is 9.90 Å². The molecule has 9 heteroatoms. The number of nitrogens with zero attached hydrogens (tertiary/aromatic N) is 2. The molecule has 0 bridgehead atoms. The van der Waals surface area contributed by atoms with Crippen molar-refractivity contribution in [2.24, 2.45) is 0 Å². The zero-order valence-electron chi connectivity index (χ0n) is 12.2. The van der Waals surface area contributed by atoms with Crippen LogP contribution in [0.4, 0.5) is 5.95 Å². The van der Waals surface area contributed by atoms with E-state index < -0.39 is 25.4 Å². The lowest BCUT2D eigenvalue weighted by atomic mass is 10.2. The van der Waals surface area contributed by atoms with Gasteiger partial charge in [0.1, 0.15) is 18.9 Å². The zero-order valence-corrected chi connectivity index (χ0v) is 12.2. The topological polar surface area (TPSA) is 147 Å². The maximum absolute atomic E-state index is 12.0. The predicted molar refractivity (Wildman–Crippen MR) is 79.2 cm³/mol. The molecule has 0 aliphatic carbocycles. The number of rotatable bonds is 7. The number of hydrogen-bond donors (Lipinski definition) is 5. The van der Waals surface area contributed by atoms with Gasteiger partial charge in [0.25, 0.3) is 5.56 Å². The van der Waals surface area contributed by atoms with Crippen LogP contribution in [0.2, 0.25) is 0 Å². The van der Waals surface area contributed by atoms with Gasteiger partial charge in [0.15, 0.2) is 5.65 Å². The Balaban J connectivity index is 2.34. The predicted octanol–water partition coefficient (Wildman–Crippen LogP) is -1.44. The number of H-pyrrole nitrogens is 1. The van der Waals surface area contributed by atoms with E-state index in [-0.39, 0.29) is 18.2 Å². The lowest BCUT2D eigenvalue weighted by molar-refractivity contribution is -0.0996. The van der Waals surface area contributed by atoms with Gasteiger partial charge in [0.2, 0.25) is 5.95 Å². The minimum absolute atomic E-state index is 0.00592. The van der Waals surface area contributed by atoms with Crippen LogP contribution in [-0.4, -0.2) is 55.3 Å². The van der Waals surface area contributed by atoms with Crippen LogP contribution < -0.4 is 11.3 Å². The van der Waals surface area contributed by atoms with Gasteiger partial charge in [-0.15, -0.1) is 0 Å². The molecule has 0 amide bonds. The SMILES string of the molecule is CCc1cn(CO[C@H](CO)C(O)CO)c2nc(N)[nH]c(=O)c12. The van der Waals surface area contributed by atoms with Crippen molar-refractivity contribution >= 4 is 17.0 Å². The average molecular weight is 312 g/mol. The summed E-state index contributed by atoms with van der Waals surface area (Å²) in [6.45, 7) is 0.886. The number of nitrogens with one attached hydrogen (secondary N) is 1. The summed E-state index contributed by atoms with van der Waals surface area (Å²) in [7, 11) is 0. The van der Waals surface area contributed by atoms with Gasteiger partial charge < -0.3 is 30.4 Å². The van der Waals surface area contributed by atoms with Gasteiger partial charge in [-0.1, -0.05) is 6.92 Å². The molecule has 2 aromatic heterocycles. The molecule has 0 aliphatic rings. The molecule has 0 spiro atoms. The first-order valence-electron chi connectivity index (χ1n) is 6.90. The molecule has 0 saturated heterocycles. The van der Waals surface area contributed by atoms with Gasteiger partial charge >= 0.3 is 0 Å². The highest BCUT2D eigenvalue weighted by atomic mass is 16.5. The van der Waals surface area contributed by atoms with Crippen LogP contribution >= 0.6 is 0 Å². The van der Waals surface area contributed by atoms with Crippen LogP contribution in [0.25, 0.3) is 11.0 Å². The molecular formula is C13H20N4O5. The normalized spacial score (nSPS) is 14.4. The molecule has 9 nitrogen and oxygen atoms in total. The van der Waals surface area contributed by atoms with Crippen LogP contribution in [0.1, 0.15) is 12.5 Å². The second-order valence-electron chi connectivity index (χ2n) is 4.89. The molecule has 0 saturated carbocycles. The summed E-state index contributed by atoms with van der Waals surface area (Å²) < 4.78 is 6.96. The number of aromatic nitrogens is 3. The molecule has 0 aromatic carbocycles. The highest BCUT2D eigenvalue weighted by Gasteiger charge is 2.20. The summed E-state index contributed by atoms with van der Waals surface area (Å²) in [5.74, 6) is -0.00592. The van der Waals surface area contributed by atoms with Crippen molar-refractivity contribution in [3.63, 3.8) is 0 Å². The molecule has 22 heavy (non-hydrogen) atoms. The standard InChI is InChI=1S/C13H20N4O5/c1-2-7-3-17(6-22-9(5-19)8(20)4-18)11-10(7)12(21)16-13(14)15-11/h3,8-9,18-20H,2,4-6H2,1H3,(H3,14,15,16,21)/t8?,9-/m1/s1. The van der Waals surface area contributed by atoms with E-state index in [0.717, 1.165) is 5.56 Å². The Hall–Kier alpha value is -1.94. The maximum Gasteiger partial charge on any atom is 0.262 e. The Labute approximate surface area is 126 Å². The second kappa shape index (κ2) is 6.88. The Morgan fingerprint density at radius 2 is 2.18 bits per heavy atom. The fraction of sp³-hybridized carbons (Fsp3) is 0.538. The molecule has 0 fully saturated rings. The Bertz CT molecular complexity index is 696. The van der Waals surface area contributed by atoms with Gasteiger partial charge in [-0.3, -0.25) is 9.78 Å². The number of nitrogens with two attached hydrogens (primary N) is 1. The average Bonchev–Trinajstić information content (AvgIpc) is 2.85. The first kappa shape index (κ1) is 16.4. The quantitative estimate of drug-likeness (QED) is 0.420. The molecular weight excluding hydrogens is 292 g/mol. The molecule has 2 heterocycles. The summed E-state index contributed by atoms with van der Waals surface area (Å²) >= 11 is 0. The molecule has 122 valence electrons. The molecule has 2 aromatic rings. The highest BCUT2D eigenvalue weighted by molar-refractivity contribution is 5.80. The fourth-order valence-electron chi connectivity index (χ4n) is 2.23. The number of fused-ring (bicyclic) bond motifs is 1. The van der Waals surface area contributed by atoms with Crippen molar-refractivity contribution in [1.82, 2.24) is 14.5 Å². The van der Waals surface area contributed by atoms with Crippen molar-refractivity contribution in [2.45, 2.75) is 32.3 Å². The smallest absolute Gasteiger partial charge is 0.262 e. The number of ether oxygens (including phenoxy) is 1. The number of aromatic amines is 1. The summed E-state index contributed by atoms with van der Waals surface area (Å²) in [6, 6.07) is 0. The van der Waals surface area contributed by atoms with E-state index in [1.807, 2.05) is 6.92 Å². The zero-order chi connectivity index (χ0) is 16.3. The third kappa shape index (κ3) is 3.12. The van der Waals surface area contributed by atoms with Crippen LogP contribution in [0.15, 0.2) is 11.0 Å². The maximum atomic E-state index is 12.0. The minimum Gasteiger partial charge on any atom is -0.394 e. The summed E-state index contributed by atoms with van der Waals surface area (Å²) in [5, 5.41) is 28.0. The third-order valence-corrected chi connectivity index (χ3v) is 3.43. The van der Waals surface area contributed by atoms with Gasteiger partial charge in [-0.25, -0.2) is 0 Å². The van der Waals surface area contributed by atoms with E-state index in [2.05, 4.69) is 9.97 Å². The van der Waals surface area contributed by atoms with Crippen molar-refractivity contribution in [2.75, 3.05) is 18.9 Å². The van der Waals surface area contributed by atoms with E-state index in [1.54, 1.807) is 10.8 Å². The van der Waals surface area contributed by atoms with Crippen LogP contribution in [-0.2, 0) is 17.9 Å². The summed E-state index contributed by atoms with van der Waals surface area (Å²) in [4.78, 5) is 18.6. The molecule has 6 N–H and O–H groups in total. The third-order valence-electron chi connectivity index (χ3n) is 3.43. The number of aliphatic hydroxyl groups is 3. The monoisotopic (exact) mass is 312 g/mol. The second-order valence-corrected chi connectivity index (χ2v) is 4.89. The van der Waals surface area contributed by atoms with Crippen molar-refractivity contribution in [3.8, 4) is 0 Å². The van der Waals surface area contributed by atoms with Gasteiger partial charge in [0.05, 0.1) is 18.6 Å². The molecule has 2 rings (SSSR count). The number of aliphatic hydroxyl groups excluding tert-OH is 3. The summed E-state index contributed by atoms with van der Waals surface area (Å²) in [5.41, 5.74) is 6.39. The van der Waals surface area contributed by atoms with Gasteiger partial charge in [0, 0.05) is 6.20 Å². The van der Waals surface area contributed by atoms with Crippen molar-refractivity contribution in [1.29, 1.82) is 0 Å². The van der Waals surface area contributed by atoms with Gasteiger partial charge in [-0.2, -0.15) is 4.98 Å². The van der Waals surface area contributed by atoms with E-state index in [4.69, 9.17) is 20.7 Å². The number of nitrogen functional groups attached to an aromatic ring is 1. The lowest BCUT2D eigenvalue weighted by Crippen LogP contribution is -2.35. The van der Waals surface area contributed by atoms with Crippen molar-refractivity contribution < 1.29 is 20.1 Å². The fourth-order valence-corrected chi connectivity index (χ4v) is 2.23. The Kier molecular flexibility index (Phi) is 5.14. The molecule has 2 atom stereocenters. The first-order chi connectivity index (χ1) is 10.5. The van der Waals surface area contributed by atoms with Gasteiger partial charge in [-0.05, 0) is 12.0 Å². The Morgan fingerprint density at radius 3 is 2.77 bits per heavy atom.